The molecule has 4 nitrogen and oxygen atoms in total. The first-order valence-electron chi connectivity index (χ1n) is 7.25. The van der Waals surface area contributed by atoms with Gasteiger partial charge in [0.15, 0.2) is 0 Å². The first-order chi connectivity index (χ1) is 10.3. The van der Waals surface area contributed by atoms with Crippen molar-refractivity contribution in [2.75, 3.05) is 13.7 Å². The fourth-order valence-corrected chi connectivity index (χ4v) is 2.40. The molecule has 0 spiro atoms. The minimum Gasteiger partial charge on any atom is -0.481 e. The third kappa shape index (κ3) is 4.03. The summed E-state index contributed by atoms with van der Waals surface area (Å²) in [7, 11) is 1.66. The van der Waals surface area contributed by atoms with E-state index in [9.17, 15) is 0 Å². The summed E-state index contributed by atoms with van der Waals surface area (Å²) < 4.78 is 5.33. The summed E-state index contributed by atoms with van der Waals surface area (Å²) in [5, 5.41) is 0. The van der Waals surface area contributed by atoms with Gasteiger partial charge in [-0.2, -0.15) is 0 Å². The van der Waals surface area contributed by atoms with Gasteiger partial charge in [-0.05, 0) is 23.7 Å². The quantitative estimate of drug-likeness (QED) is 0.849. The third-order valence-electron chi connectivity index (χ3n) is 3.62. The van der Waals surface area contributed by atoms with Crippen LogP contribution < -0.4 is 10.5 Å². The van der Waals surface area contributed by atoms with E-state index in [-0.39, 0.29) is 0 Å². The smallest absolute Gasteiger partial charge is 0.217 e. The number of nitrogens with two attached hydrogens (primary N) is 1. The summed E-state index contributed by atoms with van der Waals surface area (Å²) >= 11 is 0. The Morgan fingerprint density at radius 2 is 1.71 bits per heavy atom. The second kappa shape index (κ2) is 7.76. The molecule has 2 aromatic rings. The first-order valence-corrected chi connectivity index (χ1v) is 7.25. The van der Waals surface area contributed by atoms with E-state index in [4.69, 9.17) is 10.5 Å². The molecule has 2 N–H and O–H groups in total. The topological polar surface area (TPSA) is 51.4 Å². The molecule has 0 aliphatic heterocycles. The van der Waals surface area contributed by atoms with Crippen molar-refractivity contribution >= 4 is 0 Å². The van der Waals surface area contributed by atoms with Crippen LogP contribution in [0.1, 0.15) is 23.6 Å². The molecule has 0 bridgehead atoms. The SMILES string of the molecule is CCN(Cc1ccccc1CN)Cc1cccnc1OC. The highest BCUT2D eigenvalue weighted by Crippen LogP contribution is 2.18. The fraction of sp³-hybridized carbons (Fsp3) is 0.353. The Kier molecular flexibility index (Phi) is 5.72. The van der Waals surface area contributed by atoms with E-state index >= 15 is 0 Å². The van der Waals surface area contributed by atoms with Gasteiger partial charge in [0.2, 0.25) is 5.88 Å². The molecule has 0 atom stereocenters. The number of aromatic nitrogens is 1. The number of hydrogen-bond donors (Lipinski definition) is 1. The van der Waals surface area contributed by atoms with Gasteiger partial charge < -0.3 is 10.5 Å². The molecule has 1 aromatic carbocycles. The standard InChI is InChI=1S/C17H23N3O/c1-3-20(12-15-8-5-4-7-14(15)11-18)13-16-9-6-10-19-17(16)21-2/h4-10H,3,11-13,18H2,1-2H3. The van der Waals surface area contributed by atoms with Crippen molar-refractivity contribution in [2.24, 2.45) is 5.73 Å². The van der Waals surface area contributed by atoms with Crippen LogP contribution in [-0.4, -0.2) is 23.5 Å². The molecule has 1 aromatic heterocycles. The predicted octanol–water partition coefficient (Wildman–Crippen LogP) is 2.57. The Balaban J connectivity index is 2.13. The van der Waals surface area contributed by atoms with E-state index in [1.54, 1.807) is 13.3 Å². The van der Waals surface area contributed by atoms with E-state index in [2.05, 4.69) is 41.1 Å². The van der Waals surface area contributed by atoms with Crippen LogP contribution in [0.2, 0.25) is 0 Å². The van der Waals surface area contributed by atoms with Gasteiger partial charge >= 0.3 is 0 Å². The Bertz CT molecular complexity index is 522. The molecule has 0 aliphatic carbocycles. The van der Waals surface area contributed by atoms with Gasteiger partial charge in [0.25, 0.3) is 0 Å². The highest BCUT2D eigenvalue weighted by atomic mass is 16.5. The second-order valence-corrected chi connectivity index (χ2v) is 4.95. The summed E-state index contributed by atoms with van der Waals surface area (Å²) in [5.74, 6) is 0.697. The Labute approximate surface area is 126 Å². The lowest BCUT2D eigenvalue weighted by Crippen LogP contribution is -2.23. The van der Waals surface area contributed by atoms with Crippen molar-refractivity contribution < 1.29 is 4.74 Å². The Morgan fingerprint density at radius 1 is 1.05 bits per heavy atom. The number of ether oxygens (including phenoxy) is 1. The summed E-state index contributed by atoms with van der Waals surface area (Å²) in [4.78, 5) is 6.61. The van der Waals surface area contributed by atoms with Crippen molar-refractivity contribution in [1.82, 2.24) is 9.88 Å². The maximum atomic E-state index is 5.82. The van der Waals surface area contributed by atoms with Gasteiger partial charge in [0.05, 0.1) is 7.11 Å². The van der Waals surface area contributed by atoms with Gasteiger partial charge in [0, 0.05) is 31.4 Å². The van der Waals surface area contributed by atoms with Crippen LogP contribution in [0, 0.1) is 0 Å². The predicted molar refractivity (Wildman–Crippen MR) is 84.9 cm³/mol. The zero-order valence-corrected chi connectivity index (χ0v) is 12.7. The number of hydrogen-bond acceptors (Lipinski definition) is 4. The van der Waals surface area contributed by atoms with Crippen LogP contribution >= 0.6 is 0 Å². The van der Waals surface area contributed by atoms with Gasteiger partial charge in [-0.1, -0.05) is 37.3 Å². The van der Waals surface area contributed by atoms with Crippen LogP contribution in [0.25, 0.3) is 0 Å². The molecule has 4 heteroatoms. The average molecular weight is 285 g/mol. The normalized spacial score (nSPS) is 10.9. The van der Waals surface area contributed by atoms with Crippen LogP contribution in [0.15, 0.2) is 42.6 Å². The van der Waals surface area contributed by atoms with Crippen molar-refractivity contribution in [1.29, 1.82) is 0 Å². The third-order valence-corrected chi connectivity index (χ3v) is 3.62. The summed E-state index contributed by atoms with van der Waals surface area (Å²) in [5.41, 5.74) is 9.41. The molecule has 0 unspecified atom stereocenters. The first kappa shape index (κ1) is 15.5. The molecule has 21 heavy (non-hydrogen) atoms. The van der Waals surface area contributed by atoms with E-state index in [1.807, 2.05) is 12.1 Å². The molecule has 1 heterocycles. The Hall–Kier alpha value is -1.91. The number of benzene rings is 1. The molecule has 0 saturated carbocycles. The van der Waals surface area contributed by atoms with Crippen molar-refractivity contribution in [3.05, 3.63) is 59.3 Å². The molecular formula is C17H23N3O. The minimum absolute atomic E-state index is 0.573. The van der Waals surface area contributed by atoms with Gasteiger partial charge in [-0.25, -0.2) is 4.98 Å². The monoisotopic (exact) mass is 285 g/mol. The maximum absolute atomic E-state index is 5.82. The van der Waals surface area contributed by atoms with E-state index in [0.717, 1.165) is 25.2 Å². The van der Waals surface area contributed by atoms with Gasteiger partial charge in [-0.3, -0.25) is 4.90 Å². The molecular weight excluding hydrogens is 262 g/mol. The molecule has 2 rings (SSSR count). The van der Waals surface area contributed by atoms with E-state index < -0.39 is 0 Å². The molecule has 0 fully saturated rings. The minimum atomic E-state index is 0.573. The molecule has 112 valence electrons. The van der Waals surface area contributed by atoms with Crippen molar-refractivity contribution in [2.45, 2.75) is 26.6 Å². The van der Waals surface area contributed by atoms with Crippen LogP contribution in [0.4, 0.5) is 0 Å². The number of pyridine rings is 1. The molecule has 0 radical (unpaired) electrons. The van der Waals surface area contributed by atoms with Crippen LogP contribution in [-0.2, 0) is 19.6 Å². The average Bonchev–Trinajstić information content (AvgIpc) is 2.55. The highest BCUT2D eigenvalue weighted by Gasteiger charge is 2.11. The lowest BCUT2D eigenvalue weighted by Gasteiger charge is -2.22. The Morgan fingerprint density at radius 3 is 2.38 bits per heavy atom. The lowest BCUT2D eigenvalue weighted by molar-refractivity contribution is 0.264. The summed E-state index contributed by atoms with van der Waals surface area (Å²) in [6.07, 6.45) is 1.75. The fourth-order valence-electron chi connectivity index (χ4n) is 2.40. The largest absolute Gasteiger partial charge is 0.481 e. The van der Waals surface area contributed by atoms with Crippen LogP contribution in [0.5, 0.6) is 5.88 Å². The molecule has 0 aliphatic rings. The molecule has 0 saturated heterocycles. The highest BCUT2D eigenvalue weighted by molar-refractivity contribution is 5.28. The van der Waals surface area contributed by atoms with Crippen molar-refractivity contribution in [3.8, 4) is 5.88 Å². The molecule has 0 amide bonds. The van der Waals surface area contributed by atoms with E-state index in [1.165, 1.54) is 11.1 Å². The lowest BCUT2D eigenvalue weighted by atomic mass is 10.1. The zero-order chi connectivity index (χ0) is 15.1. The summed E-state index contributed by atoms with van der Waals surface area (Å²) in [6.45, 7) is 5.38. The van der Waals surface area contributed by atoms with Crippen molar-refractivity contribution in [3.63, 3.8) is 0 Å². The number of methoxy groups -OCH3 is 1. The van der Waals surface area contributed by atoms with Crippen LogP contribution in [0.3, 0.4) is 0 Å². The number of nitrogens with zero attached hydrogens (tertiary/aromatic N) is 2. The van der Waals surface area contributed by atoms with E-state index in [0.29, 0.717) is 12.4 Å². The second-order valence-electron chi connectivity index (χ2n) is 4.95. The van der Waals surface area contributed by atoms with Gasteiger partial charge in [0.1, 0.15) is 0 Å². The maximum Gasteiger partial charge on any atom is 0.217 e. The van der Waals surface area contributed by atoms with Gasteiger partial charge in [-0.15, -0.1) is 0 Å². The zero-order valence-electron chi connectivity index (χ0n) is 12.7. The number of rotatable bonds is 7. The summed E-state index contributed by atoms with van der Waals surface area (Å²) in [6, 6.07) is 12.3.